The van der Waals surface area contributed by atoms with Crippen LogP contribution >= 0.6 is 0 Å². The molecule has 1 saturated carbocycles. The number of fused-ring (bicyclic) bond motifs is 1. The third-order valence-corrected chi connectivity index (χ3v) is 5.31. The molecule has 0 aromatic heterocycles. The summed E-state index contributed by atoms with van der Waals surface area (Å²) in [6.07, 6.45) is -4.14. The molecule has 1 fully saturated rings. The summed E-state index contributed by atoms with van der Waals surface area (Å²) in [5, 5.41) is 9.41. The number of halogens is 3. The maximum atomic E-state index is 13.2. The van der Waals surface area contributed by atoms with Gasteiger partial charge in [0.2, 0.25) is 5.91 Å². The number of para-hydroxylation sites is 1. The number of carboxylic acid groups (broad SMARTS) is 1. The standard InChI is InChI=1S/C20H16F3NO3/c21-20(22,23)16-7-3-1-5-11(16)13-9-14(13)18(25)24-10-15(19(26)27)12-6-2-4-8-17(12)24/h1-8,13-15H,9-10H2,(H,26,27). The number of amides is 1. The third-order valence-electron chi connectivity index (χ3n) is 5.31. The molecule has 1 N–H and O–H groups in total. The number of anilines is 1. The largest absolute Gasteiger partial charge is 0.481 e. The number of carbonyl (C=O) groups excluding carboxylic acids is 1. The second-order valence-corrected chi connectivity index (χ2v) is 6.93. The van der Waals surface area contributed by atoms with Crippen LogP contribution in [-0.2, 0) is 15.8 Å². The molecule has 1 amide bonds. The molecular formula is C20H16F3NO3. The first-order valence-electron chi connectivity index (χ1n) is 8.58. The molecule has 2 aliphatic rings. The molecule has 1 aliphatic heterocycles. The highest BCUT2D eigenvalue weighted by Crippen LogP contribution is 2.53. The van der Waals surface area contributed by atoms with Gasteiger partial charge in [0, 0.05) is 18.2 Å². The third kappa shape index (κ3) is 2.97. The maximum Gasteiger partial charge on any atom is 0.416 e. The normalized spacial score (nSPS) is 23.8. The van der Waals surface area contributed by atoms with Crippen molar-refractivity contribution >= 4 is 17.6 Å². The molecule has 7 heteroatoms. The highest BCUT2D eigenvalue weighted by atomic mass is 19.4. The topological polar surface area (TPSA) is 57.6 Å². The molecule has 2 aromatic carbocycles. The Kier molecular flexibility index (Phi) is 3.98. The molecule has 1 aliphatic carbocycles. The average Bonchev–Trinajstić information content (AvgIpc) is 3.33. The van der Waals surface area contributed by atoms with Crippen LogP contribution in [-0.4, -0.2) is 23.5 Å². The van der Waals surface area contributed by atoms with Crippen molar-refractivity contribution in [2.24, 2.45) is 5.92 Å². The van der Waals surface area contributed by atoms with E-state index in [2.05, 4.69) is 0 Å². The molecule has 2 aromatic rings. The number of aliphatic carboxylic acids is 1. The first-order valence-corrected chi connectivity index (χ1v) is 8.58. The van der Waals surface area contributed by atoms with Crippen molar-refractivity contribution in [2.45, 2.75) is 24.4 Å². The lowest BCUT2D eigenvalue weighted by Gasteiger charge is -2.18. The summed E-state index contributed by atoms with van der Waals surface area (Å²) in [5.74, 6) is -3.20. The molecule has 27 heavy (non-hydrogen) atoms. The first kappa shape index (κ1) is 17.6. The zero-order valence-electron chi connectivity index (χ0n) is 14.1. The van der Waals surface area contributed by atoms with Crippen molar-refractivity contribution in [2.75, 3.05) is 11.4 Å². The summed E-state index contributed by atoms with van der Waals surface area (Å²) in [6, 6.07) is 12.1. The summed E-state index contributed by atoms with van der Waals surface area (Å²) in [5.41, 5.74) is 0.511. The van der Waals surface area contributed by atoms with Crippen molar-refractivity contribution in [3.63, 3.8) is 0 Å². The van der Waals surface area contributed by atoms with E-state index in [0.29, 0.717) is 17.7 Å². The Morgan fingerprint density at radius 3 is 2.30 bits per heavy atom. The molecular weight excluding hydrogens is 359 g/mol. The molecule has 1 heterocycles. The van der Waals surface area contributed by atoms with Gasteiger partial charge in [0.1, 0.15) is 5.92 Å². The first-order chi connectivity index (χ1) is 12.8. The number of benzene rings is 2. The van der Waals surface area contributed by atoms with Gasteiger partial charge >= 0.3 is 12.1 Å². The SMILES string of the molecule is O=C(O)C1CN(C(=O)C2CC2c2ccccc2C(F)(F)F)c2ccccc21. The molecule has 3 unspecified atom stereocenters. The fourth-order valence-corrected chi connectivity index (χ4v) is 3.92. The van der Waals surface area contributed by atoms with Crippen LogP contribution < -0.4 is 4.90 Å². The minimum atomic E-state index is -4.47. The fourth-order valence-electron chi connectivity index (χ4n) is 3.92. The Hall–Kier alpha value is -2.83. The van der Waals surface area contributed by atoms with E-state index in [1.807, 2.05) is 0 Å². The van der Waals surface area contributed by atoms with E-state index in [0.717, 1.165) is 6.07 Å². The van der Waals surface area contributed by atoms with Crippen LogP contribution in [0.1, 0.15) is 34.9 Å². The lowest BCUT2D eigenvalue weighted by Crippen LogP contribution is -2.32. The van der Waals surface area contributed by atoms with Crippen LogP contribution in [0.25, 0.3) is 0 Å². The maximum absolute atomic E-state index is 13.2. The van der Waals surface area contributed by atoms with Gasteiger partial charge < -0.3 is 10.0 Å². The number of hydrogen-bond donors (Lipinski definition) is 1. The second kappa shape index (κ2) is 6.11. The minimum Gasteiger partial charge on any atom is -0.481 e. The number of carbonyl (C=O) groups is 2. The smallest absolute Gasteiger partial charge is 0.416 e. The number of alkyl halides is 3. The van der Waals surface area contributed by atoms with Crippen molar-refractivity contribution in [1.29, 1.82) is 0 Å². The van der Waals surface area contributed by atoms with E-state index >= 15 is 0 Å². The van der Waals surface area contributed by atoms with Gasteiger partial charge in [-0.15, -0.1) is 0 Å². The molecule has 0 spiro atoms. The van der Waals surface area contributed by atoms with Gasteiger partial charge in [0.15, 0.2) is 0 Å². The molecule has 3 atom stereocenters. The van der Waals surface area contributed by atoms with Gasteiger partial charge in [-0.25, -0.2) is 0 Å². The summed E-state index contributed by atoms with van der Waals surface area (Å²) >= 11 is 0. The van der Waals surface area contributed by atoms with E-state index in [1.165, 1.54) is 23.1 Å². The van der Waals surface area contributed by atoms with Crippen molar-refractivity contribution in [3.8, 4) is 0 Å². The minimum absolute atomic E-state index is 0.0116. The molecule has 4 nitrogen and oxygen atoms in total. The zero-order valence-corrected chi connectivity index (χ0v) is 14.1. The lowest BCUT2D eigenvalue weighted by molar-refractivity contribution is -0.139. The average molecular weight is 375 g/mol. The van der Waals surface area contributed by atoms with Crippen LogP contribution in [0.5, 0.6) is 0 Å². The quantitative estimate of drug-likeness (QED) is 0.882. The number of carboxylic acids is 1. The van der Waals surface area contributed by atoms with Crippen molar-refractivity contribution < 1.29 is 27.9 Å². The van der Waals surface area contributed by atoms with Crippen LogP contribution in [0.4, 0.5) is 18.9 Å². The summed E-state index contributed by atoms with van der Waals surface area (Å²) in [7, 11) is 0. The Balaban J connectivity index is 1.60. The van der Waals surface area contributed by atoms with E-state index in [4.69, 9.17) is 0 Å². The summed E-state index contributed by atoms with van der Waals surface area (Å²) < 4.78 is 39.7. The summed E-state index contributed by atoms with van der Waals surface area (Å²) in [6.45, 7) is 0.0116. The predicted molar refractivity (Wildman–Crippen MR) is 91.5 cm³/mol. The fraction of sp³-hybridized carbons (Fsp3) is 0.300. The van der Waals surface area contributed by atoms with E-state index in [9.17, 15) is 27.9 Å². The molecule has 0 saturated heterocycles. The number of rotatable bonds is 3. The molecule has 0 radical (unpaired) electrons. The van der Waals surface area contributed by atoms with Gasteiger partial charge in [0.25, 0.3) is 0 Å². The van der Waals surface area contributed by atoms with Gasteiger partial charge in [-0.1, -0.05) is 36.4 Å². The van der Waals surface area contributed by atoms with Crippen LogP contribution in [0.2, 0.25) is 0 Å². The predicted octanol–water partition coefficient (Wildman–Crippen LogP) is 4.02. The van der Waals surface area contributed by atoms with Crippen LogP contribution in [0, 0.1) is 5.92 Å². The van der Waals surface area contributed by atoms with E-state index in [-0.39, 0.29) is 18.0 Å². The Bertz CT molecular complexity index is 925. The number of nitrogens with zero attached hydrogens (tertiary/aromatic N) is 1. The van der Waals surface area contributed by atoms with Gasteiger partial charge in [-0.2, -0.15) is 13.2 Å². The second-order valence-electron chi connectivity index (χ2n) is 6.93. The van der Waals surface area contributed by atoms with Crippen molar-refractivity contribution in [1.82, 2.24) is 0 Å². The van der Waals surface area contributed by atoms with E-state index in [1.54, 1.807) is 24.3 Å². The molecule has 140 valence electrons. The van der Waals surface area contributed by atoms with Crippen LogP contribution in [0.15, 0.2) is 48.5 Å². The monoisotopic (exact) mass is 375 g/mol. The summed E-state index contributed by atoms with van der Waals surface area (Å²) in [4.78, 5) is 25.8. The van der Waals surface area contributed by atoms with Crippen molar-refractivity contribution in [3.05, 3.63) is 65.2 Å². The van der Waals surface area contributed by atoms with Gasteiger partial charge in [-0.3, -0.25) is 9.59 Å². The molecule has 0 bridgehead atoms. The number of hydrogen-bond acceptors (Lipinski definition) is 2. The highest BCUT2D eigenvalue weighted by molar-refractivity contribution is 6.01. The zero-order chi connectivity index (χ0) is 19.3. The molecule has 4 rings (SSSR count). The Morgan fingerprint density at radius 1 is 1.00 bits per heavy atom. The van der Waals surface area contributed by atoms with Crippen LogP contribution in [0.3, 0.4) is 0 Å². The lowest BCUT2D eigenvalue weighted by atomic mass is 10.0. The Morgan fingerprint density at radius 2 is 1.63 bits per heavy atom. The van der Waals surface area contributed by atoms with Gasteiger partial charge in [-0.05, 0) is 35.6 Å². The highest BCUT2D eigenvalue weighted by Gasteiger charge is 2.51. The van der Waals surface area contributed by atoms with E-state index < -0.39 is 35.5 Å². The van der Waals surface area contributed by atoms with Gasteiger partial charge in [0.05, 0.1) is 5.56 Å². The Labute approximate surface area is 153 Å².